The Bertz CT molecular complexity index is 3870. The van der Waals surface area contributed by atoms with E-state index in [0.29, 0.717) is 32.9 Å². The van der Waals surface area contributed by atoms with Gasteiger partial charge < -0.3 is 4.42 Å². The number of furan rings is 1. The average Bonchev–Trinajstić information content (AvgIpc) is 3.73. The summed E-state index contributed by atoms with van der Waals surface area (Å²) >= 11 is 0. The Balaban J connectivity index is 1.42. The van der Waals surface area contributed by atoms with E-state index in [1.165, 1.54) is 0 Å². The Morgan fingerprint density at radius 3 is 1.60 bits per heavy atom. The summed E-state index contributed by atoms with van der Waals surface area (Å²) < 4.78 is 126. The van der Waals surface area contributed by atoms with Crippen LogP contribution in [-0.4, -0.2) is 0 Å². The molecule has 0 atom stereocenters. The van der Waals surface area contributed by atoms with E-state index in [2.05, 4.69) is 0 Å². The van der Waals surface area contributed by atoms with Crippen LogP contribution in [0.25, 0.3) is 110 Å². The summed E-state index contributed by atoms with van der Waals surface area (Å²) in [6, 6.07) is 28.1. The monoisotopic (exact) mass is 685 g/mol. The number of hydrogen-bond acceptors (Lipinski definition) is 1. The lowest BCUT2D eigenvalue weighted by atomic mass is 9.80. The van der Waals surface area contributed by atoms with Crippen LogP contribution >= 0.6 is 0 Å². The lowest BCUT2D eigenvalue weighted by molar-refractivity contribution is 0.669. The van der Waals surface area contributed by atoms with Crippen LogP contribution in [0.4, 0.5) is 0 Å². The molecule has 0 radical (unpaired) electrons. The molecule has 1 nitrogen and oxygen atoms in total. The molecule has 1 heterocycles. The Hall–Kier alpha value is -6.96. The lowest BCUT2D eigenvalue weighted by Crippen LogP contribution is -1.95. The maximum Gasteiger partial charge on any atom is 0.136 e. The Kier molecular flexibility index (Phi) is 4.36. The predicted molar refractivity (Wildman–Crippen MR) is 225 cm³/mol. The molecule has 0 spiro atoms. The van der Waals surface area contributed by atoms with Crippen molar-refractivity contribution in [2.24, 2.45) is 0 Å². The molecular weight excluding hydrogens is 641 g/mol. The second kappa shape index (κ2) is 11.8. The molecule has 0 unspecified atom stereocenters. The minimum absolute atomic E-state index is 0.00328. The molecule has 0 fully saturated rings. The molecular formula is C52H32O. The zero-order valence-electron chi connectivity index (χ0n) is 40.9. The maximum atomic E-state index is 9.78. The number of benzene rings is 10. The maximum absolute atomic E-state index is 9.78. The second-order valence-corrected chi connectivity index (χ2v) is 12.9. The minimum atomic E-state index is -0.605. The van der Waals surface area contributed by atoms with Gasteiger partial charge >= 0.3 is 0 Å². The Morgan fingerprint density at radius 1 is 0.321 bits per heavy atom. The molecule has 10 aromatic carbocycles. The van der Waals surface area contributed by atoms with E-state index in [1.54, 1.807) is 48.5 Å². The first kappa shape index (κ1) is 19.6. The quantitative estimate of drug-likeness (QED) is 0.168. The smallest absolute Gasteiger partial charge is 0.136 e. The summed E-state index contributed by atoms with van der Waals surface area (Å²) in [5, 5.41) is 4.00. The van der Waals surface area contributed by atoms with Crippen LogP contribution < -0.4 is 0 Å². The summed E-state index contributed by atoms with van der Waals surface area (Å²) in [6.07, 6.45) is 0. The van der Waals surface area contributed by atoms with Crippen LogP contribution in [0, 0.1) is 0 Å². The largest absolute Gasteiger partial charge is 0.456 e. The predicted octanol–water partition coefficient (Wildman–Crippen LogP) is 14.9. The van der Waals surface area contributed by atoms with Crippen molar-refractivity contribution in [2.45, 2.75) is 0 Å². The molecule has 0 aliphatic carbocycles. The SMILES string of the molecule is [2H]c1c([2H])c([2H])c(-c2ccc3ccccc3c2-c2c3c([2H])c([2H])c([2H])c([2H])c3c(-c3cccc4cccc(-c5cccc6oc7ccccc7c56)c34)c3c([2H])c([2H])c([2H])c([2H])c23)c([2H])c1[2H]. The third kappa shape index (κ3) is 4.51. The highest BCUT2D eigenvalue weighted by molar-refractivity contribution is 6.28. The highest BCUT2D eigenvalue weighted by Crippen LogP contribution is 2.50. The van der Waals surface area contributed by atoms with Crippen molar-refractivity contribution < 1.29 is 22.2 Å². The van der Waals surface area contributed by atoms with Crippen LogP contribution in [0.3, 0.4) is 0 Å². The van der Waals surface area contributed by atoms with Crippen LogP contribution in [0.5, 0.6) is 0 Å². The second-order valence-electron chi connectivity index (χ2n) is 12.9. The highest BCUT2D eigenvalue weighted by atomic mass is 16.3. The van der Waals surface area contributed by atoms with Gasteiger partial charge in [-0.3, -0.25) is 0 Å². The van der Waals surface area contributed by atoms with Gasteiger partial charge in [0.2, 0.25) is 0 Å². The summed E-state index contributed by atoms with van der Waals surface area (Å²) in [6.45, 7) is 0. The van der Waals surface area contributed by atoms with Gasteiger partial charge in [-0.1, -0.05) is 182 Å². The van der Waals surface area contributed by atoms with E-state index < -0.39 is 78.6 Å². The van der Waals surface area contributed by atoms with Crippen LogP contribution in [0.1, 0.15) is 17.8 Å². The summed E-state index contributed by atoms with van der Waals surface area (Å²) in [4.78, 5) is 0. The Morgan fingerprint density at radius 2 is 0.868 bits per heavy atom. The summed E-state index contributed by atoms with van der Waals surface area (Å²) in [5.74, 6) is 0. The molecule has 0 amide bonds. The molecule has 0 saturated carbocycles. The fourth-order valence-corrected chi connectivity index (χ4v) is 8.05. The van der Waals surface area contributed by atoms with Gasteiger partial charge in [0.1, 0.15) is 11.2 Å². The molecule has 0 aliphatic rings. The van der Waals surface area contributed by atoms with Crippen molar-refractivity contribution in [3.63, 3.8) is 0 Å². The zero-order chi connectivity index (χ0) is 46.2. The molecule has 0 N–H and O–H groups in total. The van der Waals surface area contributed by atoms with E-state index in [0.717, 1.165) is 27.3 Å². The Labute approximate surface area is 325 Å². The summed E-state index contributed by atoms with van der Waals surface area (Å²) in [5.41, 5.74) is 3.56. The van der Waals surface area contributed by atoms with E-state index in [1.807, 2.05) is 66.7 Å². The first-order valence-electron chi connectivity index (χ1n) is 23.7. The average molecular weight is 686 g/mol. The third-order valence-corrected chi connectivity index (χ3v) is 10.2. The van der Waals surface area contributed by atoms with Gasteiger partial charge in [-0.15, -0.1) is 0 Å². The fraction of sp³-hybridized carbons (Fsp3) is 0. The number of para-hydroxylation sites is 1. The van der Waals surface area contributed by atoms with Gasteiger partial charge in [0, 0.05) is 10.8 Å². The first-order valence-corrected chi connectivity index (χ1v) is 17.2. The van der Waals surface area contributed by atoms with E-state index >= 15 is 0 Å². The minimum Gasteiger partial charge on any atom is -0.456 e. The molecule has 0 aliphatic heterocycles. The van der Waals surface area contributed by atoms with Crippen molar-refractivity contribution in [3.8, 4) is 44.5 Å². The standard InChI is InChI=1S/C52H32O/c1-2-15-33(16-3-1)37-32-31-34-17-4-5-20-36(34)51(37)52-42-23-8-6-21-39(42)49(40-22-7-9-24-43(40)52)45-28-13-19-35-18-12-26-38(48(35)45)41-27-14-30-47-50(41)44-25-10-11-29-46(44)53-47/h1-32H/i1D,2D,3D,6D,7D,8D,9D,15D,16D,21D,22D,23D,24D. The van der Waals surface area contributed by atoms with Crippen molar-refractivity contribution in [1.29, 1.82) is 0 Å². The molecule has 0 saturated heterocycles. The van der Waals surface area contributed by atoms with Crippen molar-refractivity contribution >= 4 is 65.0 Å². The molecule has 11 rings (SSSR count). The lowest BCUT2D eigenvalue weighted by Gasteiger charge is -2.22. The van der Waals surface area contributed by atoms with E-state index in [-0.39, 0.29) is 49.4 Å². The van der Waals surface area contributed by atoms with Gasteiger partial charge in [-0.05, 0) is 99.7 Å². The normalized spacial score (nSPS) is 15.2. The van der Waals surface area contributed by atoms with Gasteiger partial charge in [0.25, 0.3) is 0 Å². The van der Waals surface area contributed by atoms with E-state index in [4.69, 9.17) is 16.8 Å². The van der Waals surface area contributed by atoms with Crippen LogP contribution in [0.2, 0.25) is 0 Å². The molecule has 53 heavy (non-hydrogen) atoms. The third-order valence-electron chi connectivity index (χ3n) is 10.2. The molecule has 1 heteroatoms. The number of hydrogen-bond donors (Lipinski definition) is 0. The number of rotatable bonds is 4. The highest BCUT2D eigenvalue weighted by Gasteiger charge is 2.23. The summed E-state index contributed by atoms with van der Waals surface area (Å²) in [7, 11) is 0. The van der Waals surface area contributed by atoms with Crippen molar-refractivity contribution in [2.75, 3.05) is 0 Å². The molecule has 246 valence electrons. The van der Waals surface area contributed by atoms with E-state index in [9.17, 15) is 5.48 Å². The van der Waals surface area contributed by atoms with Crippen molar-refractivity contribution in [1.82, 2.24) is 0 Å². The topological polar surface area (TPSA) is 13.1 Å². The van der Waals surface area contributed by atoms with Gasteiger partial charge in [0.05, 0.1) is 17.8 Å². The zero-order valence-corrected chi connectivity index (χ0v) is 27.9. The van der Waals surface area contributed by atoms with Crippen molar-refractivity contribution in [3.05, 3.63) is 194 Å². The molecule has 1 aromatic heterocycles. The first-order chi connectivity index (χ1) is 31.7. The van der Waals surface area contributed by atoms with Gasteiger partial charge in [-0.2, -0.15) is 0 Å². The number of fused-ring (bicyclic) bond motifs is 7. The van der Waals surface area contributed by atoms with Crippen LogP contribution in [-0.2, 0) is 0 Å². The van der Waals surface area contributed by atoms with Gasteiger partial charge in [0.15, 0.2) is 0 Å². The molecule has 11 aromatic rings. The molecule has 0 bridgehead atoms. The fourth-order valence-electron chi connectivity index (χ4n) is 8.05. The van der Waals surface area contributed by atoms with Gasteiger partial charge in [-0.25, -0.2) is 0 Å². The van der Waals surface area contributed by atoms with Crippen LogP contribution in [0.15, 0.2) is 198 Å².